The third kappa shape index (κ3) is 4.48. The fourth-order valence-corrected chi connectivity index (χ4v) is 9.25. The Bertz CT molecular complexity index is 1960. The fourth-order valence-electron chi connectivity index (χ4n) is 9.25. The van der Waals surface area contributed by atoms with Crippen LogP contribution in [0.2, 0.25) is 0 Å². The fraction of sp³-hybridized carbons (Fsp3) is 0.600. The van der Waals surface area contributed by atoms with E-state index < -0.39 is 0 Å². The molecule has 4 heterocycles. The number of carbonyl (C=O) groups excluding carboxylic acids is 2. The Kier molecular flexibility index (Phi) is 6.95. The molecule has 1 saturated heterocycles. The molecule has 13 nitrogen and oxygen atoms in total. The summed E-state index contributed by atoms with van der Waals surface area (Å²) in [5.74, 6) is 1.11. The Morgan fingerprint density at radius 3 is 2.44 bits per heavy atom. The van der Waals surface area contributed by atoms with Gasteiger partial charge in [-0.2, -0.15) is 0 Å². The van der Waals surface area contributed by atoms with Gasteiger partial charge in [-0.25, -0.2) is 9.97 Å². The minimum atomic E-state index is -0.368. The lowest BCUT2D eigenvalue weighted by Gasteiger charge is -2.71. The van der Waals surface area contributed by atoms with Gasteiger partial charge in [-0.3, -0.25) is 19.2 Å². The highest BCUT2D eigenvalue weighted by Gasteiger charge is 2.72. The number of fused-ring (bicyclic) bond motifs is 2. The smallest absolute Gasteiger partial charge is 0.263 e. The molecule has 0 radical (unpaired) electrons. The van der Waals surface area contributed by atoms with Crippen LogP contribution in [-0.2, 0) is 17.8 Å². The highest BCUT2D eigenvalue weighted by molar-refractivity contribution is 5.97. The lowest BCUT2D eigenvalue weighted by molar-refractivity contribution is -0.176. The van der Waals surface area contributed by atoms with E-state index in [-0.39, 0.29) is 63.8 Å². The van der Waals surface area contributed by atoms with Crippen molar-refractivity contribution in [2.24, 2.45) is 11.3 Å². The largest absolute Gasteiger partial charge is 0.482 e. The summed E-state index contributed by atoms with van der Waals surface area (Å²) in [7, 11) is 5.14. The van der Waals surface area contributed by atoms with Gasteiger partial charge in [0, 0.05) is 56.2 Å². The molecule has 9 rings (SSSR count). The van der Waals surface area contributed by atoms with E-state index >= 15 is 0 Å². The number of hydrogen-bond donors (Lipinski definition) is 2. The number of hydrogen-bond acceptors (Lipinski definition) is 9. The summed E-state index contributed by atoms with van der Waals surface area (Å²) >= 11 is 0. The minimum Gasteiger partial charge on any atom is -0.482 e. The van der Waals surface area contributed by atoms with Crippen LogP contribution in [0.25, 0.3) is 11.2 Å². The van der Waals surface area contributed by atoms with Crippen molar-refractivity contribution in [2.45, 2.75) is 89.4 Å². The van der Waals surface area contributed by atoms with Gasteiger partial charge in [-0.05, 0) is 69.6 Å². The molecule has 0 unspecified atom stereocenters. The summed E-state index contributed by atoms with van der Waals surface area (Å²) in [6.07, 6.45) is 11.1. The number of nitrogens with zero attached hydrogens (tertiary/aromatic N) is 6. The molecule has 5 saturated carbocycles. The summed E-state index contributed by atoms with van der Waals surface area (Å²) in [5, 5.41) is 3.36. The van der Waals surface area contributed by atoms with Gasteiger partial charge >= 0.3 is 0 Å². The molecule has 0 aromatic carbocycles. The predicted octanol–water partition coefficient (Wildman–Crippen LogP) is 2.37. The van der Waals surface area contributed by atoms with Crippen molar-refractivity contribution < 1.29 is 14.3 Å². The van der Waals surface area contributed by atoms with E-state index in [2.05, 4.69) is 15.2 Å². The Hall–Kier alpha value is -4.42. The maximum atomic E-state index is 14.5. The summed E-state index contributed by atoms with van der Waals surface area (Å²) in [6.45, 7) is 4.43. The van der Waals surface area contributed by atoms with E-state index in [0.29, 0.717) is 47.6 Å². The maximum Gasteiger partial charge on any atom is 0.263 e. The Labute approximate surface area is 278 Å². The van der Waals surface area contributed by atoms with Crippen LogP contribution in [0.3, 0.4) is 0 Å². The first-order valence-electron chi connectivity index (χ1n) is 17.2. The number of aromatic amines is 1. The van der Waals surface area contributed by atoms with Crippen molar-refractivity contribution in [3.8, 4) is 5.88 Å². The van der Waals surface area contributed by atoms with Gasteiger partial charge in [0.25, 0.3) is 5.91 Å². The number of methoxy groups -OCH3 is 1. The average Bonchev–Trinajstić information content (AvgIpc) is 3.86. The van der Waals surface area contributed by atoms with Crippen molar-refractivity contribution in [1.82, 2.24) is 29.7 Å². The number of aryl methyl sites for hydroxylation is 1. The second kappa shape index (κ2) is 10.8. The van der Waals surface area contributed by atoms with Gasteiger partial charge in [-0.1, -0.05) is 6.92 Å². The maximum absolute atomic E-state index is 14.5. The van der Waals surface area contributed by atoms with E-state index in [1.807, 2.05) is 30.5 Å². The van der Waals surface area contributed by atoms with Gasteiger partial charge in [0.05, 0.1) is 19.3 Å². The molecule has 6 aliphatic rings. The molecule has 1 aliphatic heterocycles. The first kappa shape index (κ1) is 30.9. The number of H-pyrrole nitrogens is 1. The first-order chi connectivity index (χ1) is 23.0. The molecule has 2 amide bonds. The standard InChI is InChI=1S/C35H44N8O5/c1-6-21-28(41-11-12-42(23-10-9-22(23)41)33(47)26-29(45)19(2)13-37-32(26)48-5)30(46)27-31(36-14-24(38-27)40(3)4)43(21)15-25(44)39-35-16-34(17-35,18-35)20-7-8-20/h13-14,20,22-23H,6-12,15-18H2,1-5H3,(H,37,45)(H,39,44)/t22-,23-,34?,35?/m0/s1. The highest BCUT2D eigenvalue weighted by atomic mass is 16.5. The van der Waals surface area contributed by atoms with Crippen molar-refractivity contribution >= 4 is 34.5 Å². The van der Waals surface area contributed by atoms with Gasteiger partial charge < -0.3 is 34.3 Å². The Balaban J connectivity index is 1.14. The van der Waals surface area contributed by atoms with Crippen LogP contribution in [-0.4, -0.2) is 88.2 Å². The van der Waals surface area contributed by atoms with E-state index in [9.17, 15) is 19.2 Å². The average molecular weight is 657 g/mol. The number of piperazine rings is 1. The van der Waals surface area contributed by atoms with E-state index in [0.717, 1.165) is 43.7 Å². The molecule has 48 heavy (non-hydrogen) atoms. The van der Waals surface area contributed by atoms with Gasteiger partial charge in [-0.15, -0.1) is 0 Å². The van der Waals surface area contributed by atoms with Crippen LogP contribution < -0.4 is 30.7 Å². The summed E-state index contributed by atoms with van der Waals surface area (Å²) in [6, 6.07) is -0.311. The van der Waals surface area contributed by atoms with E-state index in [4.69, 9.17) is 14.7 Å². The van der Waals surface area contributed by atoms with Crippen molar-refractivity contribution in [1.29, 1.82) is 0 Å². The summed E-state index contributed by atoms with van der Waals surface area (Å²) in [5.41, 5.74) is 2.14. The normalized spacial score (nSPS) is 27.0. The third-order valence-electron chi connectivity index (χ3n) is 11.8. The molecule has 13 heteroatoms. The van der Waals surface area contributed by atoms with E-state index in [1.54, 1.807) is 24.2 Å². The summed E-state index contributed by atoms with van der Waals surface area (Å²) in [4.78, 5) is 73.3. The molecule has 2 N–H and O–H groups in total. The van der Waals surface area contributed by atoms with Gasteiger partial charge in [0.1, 0.15) is 23.6 Å². The SMILES string of the molecule is CCc1c(N2CCN(C(=O)c3c(OC)[nH]cc(C)c3=O)[C@H]3CC[C@@H]32)c(=O)c2nc(N(C)C)cnc2n1CC(=O)NC12CC(C3CC3)(C1)C2. The lowest BCUT2D eigenvalue weighted by atomic mass is 9.37. The molecule has 2 atom stereocenters. The number of rotatable bonds is 9. The zero-order valence-corrected chi connectivity index (χ0v) is 28.4. The van der Waals surface area contributed by atoms with Crippen molar-refractivity contribution in [2.75, 3.05) is 44.1 Å². The molecular weight excluding hydrogens is 612 g/mol. The number of ether oxygens (including phenoxy) is 1. The van der Waals surface area contributed by atoms with Crippen LogP contribution in [0.5, 0.6) is 5.88 Å². The molecule has 3 aromatic heterocycles. The Morgan fingerprint density at radius 1 is 1.08 bits per heavy atom. The molecule has 0 spiro atoms. The first-order valence-corrected chi connectivity index (χ1v) is 17.2. The molecule has 5 aliphatic carbocycles. The number of carbonyl (C=O) groups is 2. The van der Waals surface area contributed by atoms with Gasteiger partial charge in [0.2, 0.25) is 22.6 Å². The number of pyridine rings is 2. The van der Waals surface area contributed by atoms with Crippen LogP contribution in [0, 0.1) is 18.3 Å². The molecule has 6 fully saturated rings. The number of amides is 2. The number of nitrogens with one attached hydrogen (secondary N) is 2. The zero-order chi connectivity index (χ0) is 33.7. The number of aromatic nitrogens is 4. The monoisotopic (exact) mass is 656 g/mol. The van der Waals surface area contributed by atoms with Crippen LogP contribution in [0.15, 0.2) is 22.0 Å². The highest BCUT2D eigenvalue weighted by Crippen LogP contribution is 2.75. The van der Waals surface area contributed by atoms with Gasteiger partial charge in [0.15, 0.2) is 11.2 Å². The van der Waals surface area contributed by atoms with Crippen LogP contribution in [0.4, 0.5) is 11.5 Å². The molecule has 3 aromatic rings. The van der Waals surface area contributed by atoms with Crippen molar-refractivity contribution in [3.05, 3.63) is 49.7 Å². The Morgan fingerprint density at radius 2 is 1.81 bits per heavy atom. The van der Waals surface area contributed by atoms with Crippen molar-refractivity contribution in [3.63, 3.8) is 0 Å². The lowest BCUT2D eigenvalue weighted by Crippen LogP contribution is -2.75. The summed E-state index contributed by atoms with van der Waals surface area (Å²) < 4.78 is 7.26. The van der Waals surface area contributed by atoms with E-state index in [1.165, 1.54) is 20.0 Å². The second-order valence-corrected chi connectivity index (χ2v) is 15.0. The van der Waals surface area contributed by atoms with Crippen LogP contribution in [0.1, 0.15) is 73.5 Å². The molecule has 254 valence electrons. The van der Waals surface area contributed by atoms with Crippen LogP contribution >= 0.6 is 0 Å². The minimum absolute atomic E-state index is 0.00294. The quantitative estimate of drug-likeness (QED) is 0.355. The molecule has 2 bridgehead atoms. The molecular formula is C35H44N8O5. The topological polar surface area (TPSA) is 146 Å². The number of anilines is 2. The predicted molar refractivity (Wildman–Crippen MR) is 181 cm³/mol. The third-order valence-corrected chi connectivity index (χ3v) is 11.8. The second-order valence-electron chi connectivity index (χ2n) is 15.0. The zero-order valence-electron chi connectivity index (χ0n) is 28.4.